The molecule has 1 N–H and O–H groups in total. The summed E-state index contributed by atoms with van der Waals surface area (Å²) in [5, 5.41) is 8.57. The second kappa shape index (κ2) is 5.57. The predicted octanol–water partition coefficient (Wildman–Crippen LogP) is 2.01. The fraction of sp³-hybridized carbons (Fsp3) is 0.462. The molecule has 0 aromatic rings. The van der Waals surface area contributed by atoms with Gasteiger partial charge in [0, 0.05) is 18.7 Å². The van der Waals surface area contributed by atoms with Crippen LogP contribution in [-0.4, -0.2) is 29.1 Å². The van der Waals surface area contributed by atoms with Gasteiger partial charge < -0.3 is 5.11 Å². The Morgan fingerprint density at radius 3 is 2.76 bits per heavy atom. The Morgan fingerprint density at radius 2 is 2.24 bits per heavy atom. The van der Waals surface area contributed by atoms with Gasteiger partial charge in [-0.15, -0.1) is 0 Å². The van der Waals surface area contributed by atoms with Crippen LogP contribution in [0.5, 0.6) is 0 Å². The van der Waals surface area contributed by atoms with E-state index < -0.39 is 5.97 Å². The van der Waals surface area contributed by atoms with E-state index in [9.17, 15) is 9.59 Å². The first-order valence-electron chi connectivity index (χ1n) is 5.55. The molecule has 0 aromatic heterocycles. The van der Waals surface area contributed by atoms with Crippen LogP contribution in [0.2, 0.25) is 0 Å². The topological polar surface area (TPSA) is 66.7 Å². The lowest BCUT2D eigenvalue weighted by Crippen LogP contribution is -2.25. The van der Waals surface area contributed by atoms with Crippen LogP contribution in [0.15, 0.2) is 28.3 Å². The lowest BCUT2D eigenvalue weighted by atomic mass is 9.85. The summed E-state index contributed by atoms with van der Waals surface area (Å²) in [4.78, 5) is 26.1. The van der Waals surface area contributed by atoms with Crippen molar-refractivity contribution in [3.8, 4) is 0 Å². The molecule has 0 radical (unpaired) electrons. The van der Waals surface area contributed by atoms with Gasteiger partial charge in [-0.25, -0.2) is 4.79 Å². The molecular formula is C13H17NO3. The van der Waals surface area contributed by atoms with E-state index in [0.717, 1.165) is 11.6 Å². The van der Waals surface area contributed by atoms with Gasteiger partial charge in [0.2, 0.25) is 0 Å². The number of aliphatic imine (C=N–C) groups is 1. The summed E-state index contributed by atoms with van der Waals surface area (Å²) in [7, 11) is 0. The summed E-state index contributed by atoms with van der Waals surface area (Å²) < 4.78 is 0. The van der Waals surface area contributed by atoms with E-state index in [2.05, 4.69) is 4.99 Å². The molecule has 1 rings (SSSR count). The number of hydrogen-bond donors (Lipinski definition) is 1. The molecule has 0 aliphatic heterocycles. The van der Waals surface area contributed by atoms with Crippen molar-refractivity contribution < 1.29 is 14.7 Å². The molecule has 0 spiro atoms. The van der Waals surface area contributed by atoms with Gasteiger partial charge in [-0.05, 0) is 37.0 Å². The number of nitrogens with zero attached hydrogens (tertiary/aromatic N) is 1. The lowest BCUT2D eigenvalue weighted by molar-refractivity contribution is -0.131. The monoisotopic (exact) mass is 235 g/mol. The Labute approximate surface area is 101 Å². The Bertz CT molecular complexity index is 418. The summed E-state index contributed by atoms with van der Waals surface area (Å²) in [6.07, 6.45) is 4.79. The number of carbonyl (C=O) groups excluding carboxylic acids is 1. The van der Waals surface area contributed by atoms with Crippen molar-refractivity contribution in [2.75, 3.05) is 0 Å². The van der Waals surface area contributed by atoms with E-state index in [4.69, 9.17) is 5.11 Å². The smallest absolute Gasteiger partial charge is 0.328 e. The van der Waals surface area contributed by atoms with Gasteiger partial charge in [0.15, 0.2) is 5.78 Å². The maximum Gasteiger partial charge on any atom is 0.328 e. The molecule has 0 bridgehead atoms. The first-order valence-corrected chi connectivity index (χ1v) is 5.55. The van der Waals surface area contributed by atoms with Gasteiger partial charge in [0.1, 0.15) is 0 Å². The van der Waals surface area contributed by atoms with Crippen LogP contribution in [0.3, 0.4) is 0 Å². The van der Waals surface area contributed by atoms with E-state index >= 15 is 0 Å². The molecule has 0 heterocycles. The Balaban J connectivity index is 2.81. The summed E-state index contributed by atoms with van der Waals surface area (Å²) in [5.41, 5.74) is 1.53. The highest BCUT2D eigenvalue weighted by Gasteiger charge is 2.24. The maximum absolute atomic E-state index is 11.3. The van der Waals surface area contributed by atoms with E-state index in [1.807, 2.05) is 13.8 Å². The number of carbonyl (C=O) groups is 2. The molecule has 2 atom stereocenters. The van der Waals surface area contributed by atoms with Gasteiger partial charge in [-0.1, -0.05) is 6.92 Å². The summed E-state index contributed by atoms with van der Waals surface area (Å²) >= 11 is 0. The molecule has 17 heavy (non-hydrogen) atoms. The molecule has 2 unspecified atom stereocenters. The van der Waals surface area contributed by atoms with Crippen LogP contribution in [0, 0.1) is 5.92 Å². The number of carboxylic acids is 1. The van der Waals surface area contributed by atoms with Crippen molar-refractivity contribution in [3.05, 3.63) is 23.3 Å². The maximum atomic E-state index is 11.3. The Morgan fingerprint density at radius 1 is 1.59 bits per heavy atom. The van der Waals surface area contributed by atoms with Gasteiger partial charge >= 0.3 is 5.97 Å². The van der Waals surface area contributed by atoms with Gasteiger partial charge in [0.05, 0.1) is 6.04 Å². The first kappa shape index (κ1) is 13.4. The Hall–Kier alpha value is -1.71. The van der Waals surface area contributed by atoms with E-state index in [-0.39, 0.29) is 17.7 Å². The molecule has 0 amide bonds. The molecule has 1 aliphatic carbocycles. The largest absolute Gasteiger partial charge is 0.478 e. The standard InChI is InChI=1S/C13H17NO3/c1-8(4-12(16)17)7-14-13-9(2)5-11(15)6-10(13)3/h4-5,7,10,13H,6H2,1-3H3,(H,16,17)/b8-4-,14-7?. The molecule has 0 fully saturated rings. The van der Waals surface area contributed by atoms with Crippen molar-refractivity contribution in [2.24, 2.45) is 10.9 Å². The average molecular weight is 235 g/mol. The van der Waals surface area contributed by atoms with Gasteiger partial charge in [0.25, 0.3) is 0 Å². The normalized spacial score (nSPS) is 26.2. The lowest BCUT2D eigenvalue weighted by Gasteiger charge is -2.24. The molecule has 1 aliphatic rings. The van der Waals surface area contributed by atoms with E-state index in [1.165, 1.54) is 0 Å². The fourth-order valence-corrected chi connectivity index (χ4v) is 1.97. The number of hydrogen-bond acceptors (Lipinski definition) is 3. The predicted molar refractivity (Wildman–Crippen MR) is 66.2 cm³/mol. The minimum absolute atomic E-state index is 0.0233. The molecule has 92 valence electrons. The summed E-state index contributed by atoms with van der Waals surface area (Å²) in [6, 6.07) is -0.0233. The fourth-order valence-electron chi connectivity index (χ4n) is 1.97. The zero-order valence-corrected chi connectivity index (χ0v) is 10.3. The first-order chi connectivity index (χ1) is 7.90. The van der Waals surface area contributed by atoms with Crippen LogP contribution >= 0.6 is 0 Å². The van der Waals surface area contributed by atoms with E-state index in [0.29, 0.717) is 12.0 Å². The number of allylic oxidation sites excluding steroid dienone is 2. The SMILES string of the molecule is CC1=CC(=O)CC(C)C1N=C/C(C)=C\C(=O)O. The highest BCUT2D eigenvalue weighted by Crippen LogP contribution is 2.24. The molecule has 4 heteroatoms. The molecule has 4 nitrogen and oxygen atoms in total. The quantitative estimate of drug-likeness (QED) is 0.601. The molecule has 0 saturated carbocycles. The zero-order valence-electron chi connectivity index (χ0n) is 10.3. The zero-order chi connectivity index (χ0) is 13.0. The van der Waals surface area contributed by atoms with Crippen LogP contribution in [-0.2, 0) is 9.59 Å². The molecule has 0 saturated heterocycles. The number of rotatable bonds is 3. The third kappa shape index (κ3) is 3.98. The minimum atomic E-state index is -0.979. The second-order valence-corrected chi connectivity index (χ2v) is 4.49. The summed E-state index contributed by atoms with van der Waals surface area (Å²) in [6.45, 7) is 5.55. The van der Waals surface area contributed by atoms with Crippen LogP contribution in [0.4, 0.5) is 0 Å². The highest BCUT2D eigenvalue weighted by molar-refractivity contribution is 5.92. The molecule has 0 aromatic carbocycles. The van der Waals surface area contributed by atoms with Gasteiger partial charge in [-0.3, -0.25) is 9.79 Å². The second-order valence-electron chi connectivity index (χ2n) is 4.49. The number of aliphatic carboxylic acids is 1. The highest BCUT2D eigenvalue weighted by atomic mass is 16.4. The third-order valence-electron chi connectivity index (χ3n) is 2.71. The van der Waals surface area contributed by atoms with Crippen LogP contribution < -0.4 is 0 Å². The van der Waals surface area contributed by atoms with Crippen molar-refractivity contribution in [1.29, 1.82) is 0 Å². The van der Waals surface area contributed by atoms with Crippen LogP contribution in [0.25, 0.3) is 0 Å². The average Bonchev–Trinajstić information content (AvgIpc) is 2.14. The third-order valence-corrected chi connectivity index (χ3v) is 2.71. The van der Waals surface area contributed by atoms with Crippen LogP contribution in [0.1, 0.15) is 27.2 Å². The van der Waals surface area contributed by atoms with Crippen molar-refractivity contribution >= 4 is 18.0 Å². The molecular weight excluding hydrogens is 218 g/mol. The summed E-state index contributed by atoms with van der Waals surface area (Å²) in [5.74, 6) is -0.672. The van der Waals surface area contributed by atoms with Crippen molar-refractivity contribution in [1.82, 2.24) is 0 Å². The van der Waals surface area contributed by atoms with Crippen molar-refractivity contribution in [3.63, 3.8) is 0 Å². The number of ketones is 1. The number of carboxylic acid groups (broad SMARTS) is 1. The minimum Gasteiger partial charge on any atom is -0.478 e. The van der Waals surface area contributed by atoms with Gasteiger partial charge in [-0.2, -0.15) is 0 Å². The van der Waals surface area contributed by atoms with E-state index in [1.54, 1.807) is 19.2 Å². The van der Waals surface area contributed by atoms with Crippen molar-refractivity contribution in [2.45, 2.75) is 33.2 Å². The Kier molecular flexibility index (Phi) is 4.37.